The number of allylic oxidation sites excluding steroid dienone is 5. The van der Waals surface area contributed by atoms with E-state index in [1.54, 1.807) is 0 Å². The fourth-order valence-electron chi connectivity index (χ4n) is 6.49. The Hall–Kier alpha value is -7.01. The Bertz CT molecular complexity index is 2540. The van der Waals surface area contributed by atoms with Crippen LogP contribution >= 0.6 is 0 Å². The fourth-order valence-corrected chi connectivity index (χ4v) is 6.49. The van der Waals surface area contributed by atoms with Gasteiger partial charge in [-0.25, -0.2) is 0 Å². The molecule has 0 radical (unpaired) electrons. The first-order valence-corrected chi connectivity index (χ1v) is 18.7. The van der Waals surface area contributed by atoms with Gasteiger partial charge in [-0.15, -0.1) is 0 Å². The summed E-state index contributed by atoms with van der Waals surface area (Å²) in [7, 11) is 0. The Morgan fingerprint density at radius 3 is 1.55 bits per heavy atom. The van der Waals surface area contributed by atoms with Gasteiger partial charge in [-0.1, -0.05) is 176 Å². The van der Waals surface area contributed by atoms with E-state index in [1.165, 1.54) is 33.4 Å². The van der Waals surface area contributed by atoms with Crippen molar-refractivity contribution < 1.29 is 4.42 Å². The summed E-state index contributed by atoms with van der Waals surface area (Å²) in [5.74, 6) is 0.0333. The molecule has 0 bridgehead atoms. The number of hydrogen-bond donors (Lipinski definition) is 3. The van der Waals surface area contributed by atoms with Gasteiger partial charge in [0.1, 0.15) is 17.0 Å². The molecule has 0 aliphatic rings. The summed E-state index contributed by atoms with van der Waals surface area (Å²) in [4.78, 5) is 0. The Kier molecular flexibility index (Phi) is 13.0. The van der Waals surface area contributed by atoms with Crippen LogP contribution in [-0.4, -0.2) is 5.84 Å². The van der Waals surface area contributed by atoms with Crippen LogP contribution in [0.2, 0.25) is 0 Å². The Morgan fingerprint density at radius 2 is 1.07 bits per heavy atom. The van der Waals surface area contributed by atoms with Gasteiger partial charge in [0.15, 0.2) is 0 Å². The molecule has 0 spiro atoms. The molecule has 56 heavy (non-hydrogen) atoms. The Morgan fingerprint density at radius 1 is 0.589 bits per heavy atom. The van der Waals surface area contributed by atoms with E-state index in [-0.39, 0.29) is 5.84 Å². The number of rotatable bonds is 8. The smallest absolute Gasteiger partial charge is 0.136 e. The molecule has 0 atom stereocenters. The number of nitrogens with two attached hydrogens (primary N) is 2. The molecule has 8 aromatic rings. The second-order valence-corrected chi connectivity index (χ2v) is 13.3. The first-order chi connectivity index (χ1) is 27.4. The Balaban J connectivity index is 0.000000278. The van der Waals surface area contributed by atoms with Gasteiger partial charge in [-0.2, -0.15) is 0 Å². The normalized spacial score (nSPS) is 11.1. The van der Waals surface area contributed by atoms with Crippen LogP contribution in [0.5, 0.6) is 0 Å². The summed E-state index contributed by atoms with van der Waals surface area (Å²) in [5, 5.41) is 9.99. The maximum absolute atomic E-state index is 8.12. The van der Waals surface area contributed by atoms with Crippen molar-refractivity contribution in [3.05, 3.63) is 217 Å². The number of fused-ring (bicyclic) bond motifs is 3. The van der Waals surface area contributed by atoms with Crippen molar-refractivity contribution >= 4 is 27.8 Å². The maximum Gasteiger partial charge on any atom is 0.136 e. The monoisotopic (exact) mass is 729 g/mol. The number of nitrogens with one attached hydrogen (secondary N) is 1. The molecule has 1 heterocycles. The molecular weight excluding hydrogens is 683 g/mol. The van der Waals surface area contributed by atoms with Crippen molar-refractivity contribution in [2.45, 2.75) is 20.4 Å². The van der Waals surface area contributed by atoms with Crippen LogP contribution in [0.15, 0.2) is 211 Å². The summed E-state index contributed by atoms with van der Waals surface area (Å²) in [6.07, 6.45) is 7.84. The fraction of sp³-hybridized carbons (Fsp3) is 0.0577. The molecular formula is C52H47N3O. The lowest BCUT2D eigenvalue weighted by Gasteiger charge is -2.12. The minimum Gasteiger partial charge on any atom is -0.456 e. The summed E-state index contributed by atoms with van der Waals surface area (Å²) >= 11 is 0. The molecule has 0 aliphatic carbocycles. The second kappa shape index (κ2) is 18.8. The lowest BCUT2D eigenvalue weighted by molar-refractivity contribution is 0.669. The average Bonchev–Trinajstić information content (AvgIpc) is 3.66. The average molecular weight is 730 g/mol. The third kappa shape index (κ3) is 9.37. The minimum absolute atomic E-state index is 0.0333. The highest BCUT2D eigenvalue weighted by molar-refractivity contribution is 6.20. The minimum atomic E-state index is 0.0333. The molecule has 0 saturated carbocycles. The van der Waals surface area contributed by atoms with Crippen LogP contribution in [0.25, 0.3) is 66.4 Å². The lowest BCUT2D eigenvalue weighted by atomic mass is 9.92. The number of hydrogen-bond acceptors (Lipinski definition) is 3. The number of nitrogen functional groups attached to an aromatic ring is 1. The van der Waals surface area contributed by atoms with Crippen LogP contribution in [-0.2, 0) is 6.54 Å². The molecule has 7 aromatic carbocycles. The van der Waals surface area contributed by atoms with E-state index in [0.717, 1.165) is 44.2 Å². The first-order valence-electron chi connectivity index (χ1n) is 18.7. The van der Waals surface area contributed by atoms with Gasteiger partial charge >= 0.3 is 0 Å². The van der Waals surface area contributed by atoms with Gasteiger partial charge < -0.3 is 15.9 Å². The second-order valence-electron chi connectivity index (χ2n) is 13.3. The van der Waals surface area contributed by atoms with E-state index in [1.807, 2.05) is 111 Å². The van der Waals surface area contributed by atoms with Crippen LogP contribution < -0.4 is 11.5 Å². The zero-order valence-electron chi connectivity index (χ0n) is 32.0. The molecule has 4 nitrogen and oxygen atoms in total. The van der Waals surface area contributed by atoms with Gasteiger partial charge in [0.2, 0.25) is 0 Å². The van der Waals surface area contributed by atoms with Crippen molar-refractivity contribution in [2.75, 3.05) is 0 Å². The van der Waals surface area contributed by atoms with E-state index in [4.69, 9.17) is 21.3 Å². The molecule has 276 valence electrons. The molecule has 0 saturated heterocycles. The van der Waals surface area contributed by atoms with Gasteiger partial charge in [0.25, 0.3) is 0 Å². The highest BCUT2D eigenvalue weighted by atomic mass is 16.3. The van der Waals surface area contributed by atoms with Crippen LogP contribution in [0.4, 0.5) is 0 Å². The molecule has 0 fully saturated rings. The topological polar surface area (TPSA) is 89.0 Å². The van der Waals surface area contributed by atoms with Gasteiger partial charge in [-0.05, 0) is 94.3 Å². The summed E-state index contributed by atoms with van der Waals surface area (Å²) in [5.41, 5.74) is 25.1. The van der Waals surface area contributed by atoms with E-state index in [0.29, 0.717) is 12.1 Å². The third-order valence-corrected chi connectivity index (χ3v) is 9.44. The third-order valence-electron chi connectivity index (χ3n) is 9.44. The molecule has 0 unspecified atom stereocenters. The SMILES string of the molecule is C=C/C(C)=C\C=C/C.N=C(N)c1cccc2oc3cccc(-c4ccc(-c5cc(-c6ccccc6)cc(-c6ccccc6)c5)cc4)c3c12.NCc1ccccc1. The van der Waals surface area contributed by atoms with Crippen molar-refractivity contribution in [3.8, 4) is 44.5 Å². The van der Waals surface area contributed by atoms with Crippen molar-refractivity contribution in [1.29, 1.82) is 5.41 Å². The van der Waals surface area contributed by atoms with E-state index in [9.17, 15) is 0 Å². The van der Waals surface area contributed by atoms with Crippen LogP contribution in [0.3, 0.4) is 0 Å². The van der Waals surface area contributed by atoms with Gasteiger partial charge in [0.05, 0.1) is 0 Å². The Labute approximate surface area is 330 Å². The largest absolute Gasteiger partial charge is 0.456 e. The molecule has 8 rings (SSSR count). The number of benzene rings is 7. The van der Waals surface area contributed by atoms with Gasteiger partial charge in [-0.3, -0.25) is 5.41 Å². The first kappa shape index (κ1) is 38.7. The molecule has 5 N–H and O–H groups in total. The molecule has 1 aromatic heterocycles. The van der Waals surface area contributed by atoms with E-state index in [2.05, 4.69) is 104 Å². The van der Waals surface area contributed by atoms with Crippen molar-refractivity contribution in [3.63, 3.8) is 0 Å². The zero-order chi connectivity index (χ0) is 39.3. The van der Waals surface area contributed by atoms with Crippen LogP contribution in [0, 0.1) is 5.41 Å². The highest BCUT2D eigenvalue weighted by Crippen LogP contribution is 2.39. The van der Waals surface area contributed by atoms with Gasteiger partial charge in [0, 0.05) is 22.9 Å². The summed E-state index contributed by atoms with van der Waals surface area (Å²) in [6, 6.07) is 58.3. The van der Waals surface area contributed by atoms with Crippen molar-refractivity contribution in [2.24, 2.45) is 11.5 Å². The lowest BCUT2D eigenvalue weighted by Crippen LogP contribution is -2.11. The van der Waals surface area contributed by atoms with Crippen LogP contribution in [0.1, 0.15) is 25.0 Å². The zero-order valence-corrected chi connectivity index (χ0v) is 32.0. The highest BCUT2D eigenvalue weighted by Gasteiger charge is 2.17. The van der Waals surface area contributed by atoms with Crippen molar-refractivity contribution in [1.82, 2.24) is 0 Å². The molecule has 0 amide bonds. The molecule has 4 heteroatoms. The standard InChI is InChI=1S/C37H26N2O.C8H12.C7H9N/c38-37(39)32-14-8-16-34-36(32)35-31(13-7-15-33(35)40-34)27-19-17-26(18-20-27)30-22-28(24-9-3-1-4-10-24)21-29(23-30)25-11-5-2-6-12-25;1-4-6-7-8(3)5-2;8-6-7-4-2-1-3-5-7/h1-23H,(H3,38,39);4-7H,2H2,1,3H3;1-5H,6,8H2/b;6-4-,8-7-;. The molecule has 0 aliphatic heterocycles. The number of amidine groups is 1. The van der Waals surface area contributed by atoms with E-state index < -0.39 is 0 Å². The van der Waals surface area contributed by atoms with E-state index >= 15 is 0 Å². The predicted molar refractivity (Wildman–Crippen MR) is 240 cm³/mol. The number of furan rings is 1. The summed E-state index contributed by atoms with van der Waals surface area (Å²) in [6.45, 7) is 8.26. The maximum atomic E-state index is 8.12. The quantitative estimate of drug-likeness (QED) is 0.0826. The predicted octanol–water partition coefficient (Wildman–Crippen LogP) is 13.4. The summed E-state index contributed by atoms with van der Waals surface area (Å²) < 4.78 is 6.16.